The number of amides is 1. The molecule has 1 heterocycles. The Hall–Kier alpha value is -2.94. The van der Waals surface area contributed by atoms with Crippen LogP contribution >= 0.6 is 0 Å². The molecule has 1 saturated heterocycles. The highest BCUT2D eigenvalue weighted by Gasteiger charge is 2.24. The lowest BCUT2D eigenvalue weighted by molar-refractivity contribution is 0.0948. The molecule has 0 spiro atoms. The van der Waals surface area contributed by atoms with Gasteiger partial charge >= 0.3 is 0 Å². The highest BCUT2D eigenvalue weighted by Crippen LogP contribution is 2.25. The lowest BCUT2D eigenvalue weighted by Crippen LogP contribution is -2.31. The van der Waals surface area contributed by atoms with E-state index in [9.17, 15) is 13.6 Å². The Bertz CT molecular complexity index is 832. The molecule has 0 aromatic heterocycles. The van der Waals surface area contributed by atoms with Gasteiger partial charge in [0.1, 0.15) is 0 Å². The predicted octanol–water partition coefficient (Wildman–Crippen LogP) is 3.09. The Morgan fingerprint density at radius 2 is 2.08 bits per heavy atom. The quantitative estimate of drug-likeness (QED) is 0.930. The minimum absolute atomic E-state index is 0.219. The number of rotatable bonds is 4. The molecule has 1 fully saturated rings. The minimum Gasteiger partial charge on any atom is -0.371 e. The molecule has 2 aromatic carbocycles. The first-order valence-electron chi connectivity index (χ1n) is 8.05. The molecule has 25 heavy (non-hydrogen) atoms. The summed E-state index contributed by atoms with van der Waals surface area (Å²) in [5, 5.41) is 11.8. The number of benzene rings is 2. The fourth-order valence-electron chi connectivity index (χ4n) is 2.98. The Morgan fingerprint density at radius 1 is 1.24 bits per heavy atom. The number of halogens is 2. The molecule has 1 aliphatic rings. The molecule has 0 aliphatic carbocycles. The number of carbonyl (C=O) groups is 1. The maximum atomic E-state index is 13.4. The van der Waals surface area contributed by atoms with Crippen LogP contribution in [-0.4, -0.2) is 25.5 Å². The monoisotopic (exact) mass is 341 g/mol. The molecule has 4 nitrogen and oxygen atoms in total. The van der Waals surface area contributed by atoms with Crippen molar-refractivity contribution < 1.29 is 13.6 Å². The summed E-state index contributed by atoms with van der Waals surface area (Å²) in [5.74, 6) is -1.70. The average molecular weight is 341 g/mol. The van der Waals surface area contributed by atoms with Gasteiger partial charge in [-0.3, -0.25) is 4.79 Å². The van der Waals surface area contributed by atoms with Crippen LogP contribution in [-0.2, 0) is 0 Å². The van der Waals surface area contributed by atoms with Crippen LogP contribution in [0, 0.1) is 28.9 Å². The van der Waals surface area contributed by atoms with Crippen LogP contribution in [0.15, 0.2) is 42.5 Å². The smallest absolute Gasteiger partial charge is 0.251 e. The molecule has 1 N–H and O–H groups in total. The largest absolute Gasteiger partial charge is 0.371 e. The van der Waals surface area contributed by atoms with Crippen molar-refractivity contribution in [2.75, 3.05) is 24.5 Å². The van der Waals surface area contributed by atoms with Gasteiger partial charge in [0.2, 0.25) is 0 Å². The van der Waals surface area contributed by atoms with Gasteiger partial charge in [-0.1, -0.05) is 6.07 Å². The zero-order valence-corrected chi connectivity index (χ0v) is 13.5. The molecular formula is C19H17F2N3O. The summed E-state index contributed by atoms with van der Waals surface area (Å²) in [5.41, 5.74) is 1.54. The molecule has 0 radical (unpaired) electrons. The number of nitrogens with one attached hydrogen (secondary N) is 1. The Labute approximate surface area is 144 Å². The van der Waals surface area contributed by atoms with Crippen LogP contribution in [0.2, 0.25) is 0 Å². The molecule has 128 valence electrons. The molecule has 6 heteroatoms. The Balaban J connectivity index is 1.55. The van der Waals surface area contributed by atoms with Gasteiger partial charge < -0.3 is 10.2 Å². The molecule has 3 rings (SSSR count). The number of carbonyl (C=O) groups excluding carboxylic acids is 1. The standard InChI is InChI=1S/C19H17F2N3O/c20-17-5-4-16(9-18(17)21)24-7-6-14(12-24)11-23-19(25)15-3-1-2-13(8-15)10-22/h1-5,8-9,14H,6-7,11-12H2,(H,23,25)/t14-/m1/s1. The van der Waals surface area contributed by atoms with Crippen LogP contribution < -0.4 is 10.2 Å². The van der Waals surface area contributed by atoms with E-state index in [0.29, 0.717) is 29.9 Å². The van der Waals surface area contributed by atoms with E-state index in [1.165, 1.54) is 6.07 Å². The fraction of sp³-hybridized carbons (Fsp3) is 0.263. The summed E-state index contributed by atoms with van der Waals surface area (Å²) in [6.07, 6.45) is 0.859. The molecule has 0 unspecified atom stereocenters. The van der Waals surface area contributed by atoms with Crippen molar-refractivity contribution in [3.05, 3.63) is 65.2 Å². The summed E-state index contributed by atoms with van der Waals surface area (Å²) < 4.78 is 26.4. The molecule has 1 aliphatic heterocycles. The van der Waals surface area contributed by atoms with Crippen molar-refractivity contribution >= 4 is 11.6 Å². The van der Waals surface area contributed by atoms with E-state index in [-0.39, 0.29) is 11.8 Å². The topological polar surface area (TPSA) is 56.1 Å². The number of hydrogen-bond donors (Lipinski definition) is 1. The highest BCUT2D eigenvalue weighted by atomic mass is 19.2. The second-order valence-corrected chi connectivity index (χ2v) is 6.10. The van der Waals surface area contributed by atoms with Crippen LogP contribution in [0.3, 0.4) is 0 Å². The molecule has 1 amide bonds. The van der Waals surface area contributed by atoms with Gasteiger partial charge in [-0.2, -0.15) is 5.26 Å². The van der Waals surface area contributed by atoms with E-state index in [1.54, 1.807) is 30.3 Å². The highest BCUT2D eigenvalue weighted by molar-refractivity contribution is 5.94. The summed E-state index contributed by atoms with van der Waals surface area (Å²) in [4.78, 5) is 14.2. The second kappa shape index (κ2) is 7.31. The first kappa shape index (κ1) is 16.9. The third-order valence-corrected chi connectivity index (χ3v) is 4.36. The van der Waals surface area contributed by atoms with Crippen molar-refractivity contribution in [3.63, 3.8) is 0 Å². The Kier molecular flexibility index (Phi) is 4.94. The van der Waals surface area contributed by atoms with Crippen LogP contribution in [0.4, 0.5) is 14.5 Å². The third kappa shape index (κ3) is 3.94. The molecule has 1 atom stereocenters. The summed E-state index contributed by atoms with van der Waals surface area (Å²) in [7, 11) is 0. The van der Waals surface area contributed by atoms with Crippen LogP contribution in [0.25, 0.3) is 0 Å². The molecular weight excluding hydrogens is 324 g/mol. The van der Waals surface area contributed by atoms with Crippen molar-refractivity contribution in [3.8, 4) is 6.07 Å². The summed E-state index contributed by atoms with van der Waals surface area (Å²) in [6, 6.07) is 12.4. The van der Waals surface area contributed by atoms with Crippen molar-refractivity contribution in [1.82, 2.24) is 5.32 Å². The number of nitrogens with zero attached hydrogens (tertiary/aromatic N) is 2. The van der Waals surface area contributed by atoms with Gasteiger partial charge in [-0.25, -0.2) is 8.78 Å². The van der Waals surface area contributed by atoms with E-state index < -0.39 is 11.6 Å². The Morgan fingerprint density at radius 3 is 2.84 bits per heavy atom. The lowest BCUT2D eigenvalue weighted by Gasteiger charge is -2.19. The van der Waals surface area contributed by atoms with E-state index in [4.69, 9.17) is 5.26 Å². The van der Waals surface area contributed by atoms with E-state index in [2.05, 4.69) is 5.32 Å². The fourth-order valence-corrected chi connectivity index (χ4v) is 2.98. The van der Waals surface area contributed by atoms with Crippen LogP contribution in [0.1, 0.15) is 22.3 Å². The SMILES string of the molecule is N#Cc1cccc(C(=O)NC[C@H]2CCN(c3ccc(F)c(F)c3)C2)c1. The lowest BCUT2D eigenvalue weighted by atomic mass is 10.1. The van der Waals surface area contributed by atoms with Crippen molar-refractivity contribution in [2.24, 2.45) is 5.92 Å². The third-order valence-electron chi connectivity index (χ3n) is 4.36. The zero-order chi connectivity index (χ0) is 17.8. The molecule has 2 aromatic rings. The average Bonchev–Trinajstić information content (AvgIpc) is 3.11. The van der Waals surface area contributed by atoms with Crippen molar-refractivity contribution in [1.29, 1.82) is 5.26 Å². The maximum Gasteiger partial charge on any atom is 0.251 e. The van der Waals surface area contributed by atoms with Gasteiger partial charge in [-0.05, 0) is 42.7 Å². The molecule has 0 bridgehead atoms. The second-order valence-electron chi connectivity index (χ2n) is 6.10. The van der Waals surface area contributed by atoms with Gasteiger partial charge in [0.15, 0.2) is 11.6 Å². The number of anilines is 1. The van der Waals surface area contributed by atoms with E-state index in [0.717, 1.165) is 19.0 Å². The minimum atomic E-state index is -0.855. The van der Waals surface area contributed by atoms with Crippen molar-refractivity contribution in [2.45, 2.75) is 6.42 Å². The first-order chi connectivity index (χ1) is 12.1. The molecule has 0 saturated carbocycles. The van der Waals surface area contributed by atoms with Gasteiger partial charge in [0.05, 0.1) is 11.6 Å². The first-order valence-corrected chi connectivity index (χ1v) is 8.05. The summed E-state index contributed by atoms with van der Waals surface area (Å²) in [6.45, 7) is 1.90. The van der Waals surface area contributed by atoms with Gasteiger partial charge in [0.25, 0.3) is 5.91 Å². The number of hydrogen-bond acceptors (Lipinski definition) is 3. The number of nitriles is 1. The van der Waals surface area contributed by atoms with Crippen LogP contribution in [0.5, 0.6) is 0 Å². The normalized spacial score (nSPS) is 16.5. The van der Waals surface area contributed by atoms with E-state index >= 15 is 0 Å². The van der Waals surface area contributed by atoms with E-state index in [1.807, 2.05) is 11.0 Å². The summed E-state index contributed by atoms with van der Waals surface area (Å²) >= 11 is 0. The maximum absolute atomic E-state index is 13.4. The van der Waals surface area contributed by atoms with Gasteiger partial charge in [0, 0.05) is 37.0 Å². The zero-order valence-electron chi connectivity index (χ0n) is 13.5. The van der Waals surface area contributed by atoms with Gasteiger partial charge in [-0.15, -0.1) is 0 Å². The predicted molar refractivity (Wildman–Crippen MR) is 90.2 cm³/mol.